The summed E-state index contributed by atoms with van der Waals surface area (Å²) in [7, 11) is 0. The monoisotopic (exact) mass is 187 g/mol. The predicted octanol–water partition coefficient (Wildman–Crippen LogP) is 2.70. The van der Waals surface area contributed by atoms with Gasteiger partial charge in [0.2, 0.25) is 0 Å². The lowest BCUT2D eigenvalue weighted by atomic mass is 9.83. The average Bonchev–Trinajstić information content (AvgIpc) is 2.16. The zero-order valence-corrected chi connectivity index (χ0v) is 8.37. The molecule has 0 amide bonds. The summed E-state index contributed by atoms with van der Waals surface area (Å²) in [4.78, 5) is 0. The van der Waals surface area contributed by atoms with Crippen molar-refractivity contribution in [1.82, 2.24) is 5.32 Å². The maximum Gasteiger partial charge on any atom is 0.0406 e. The Kier molecular flexibility index (Phi) is 4.10. The molecule has 70 valence electrons. The van der Waals surface area contributed by atoms with Gasteiger partial charge in [-0.2, -0.15) is 0 Å². The Hall–Kier alpha value is -0.0100. The van der Waals surface area contributed by atoms with E-state index in [1.54, 1.807) is 0 Å². The molecular formula is C10H18ClN. The molecule has 0 aromatic rings. The van der Waals surface area contributed by atoms with Crippen molar-refractivity contribution >= 4 is 11.6 Å². The maximum absolute atomic E-state index is 5.98. The number of rotatable bonds is 4. The van der Waals surface area contributed by atoms with Gasteiger partial charge in [-0.05, 0) is 12.8 Å². The molecule has 0 atom stereocenters. The minimum Gasteiger partial charge on any atom is -0.307 e. The first kappa shape index (κ1) is 10.1. The Morgan fingerprint density at radius 1 is 1.33 bits per heavy atom. The summed E-state index contributed by atoms with van der Waals surface area (Å²) in [6, 6.07) is 0. The van der Waals surface area contributed by atoms with Gasteiger partial charge in [0.05, 0.1) is 0 Å². The van der Waals surface area contributed by atoms with Gasteiger partial charge in [-0.15, -0.1) is 18.2 Å². The summed E-state index contributed by atoms with van der Waals surface area (Å²) < 4.78 is 0. The minimum absolute atomic E-state index is 0.216. The molecule has 12 heavy (non-hydrogen) atoms. The van der Waals surface area contributed by atoms with Crippen molar-refractivity contribution in [1.29, 1.82) is 0 Å². The third-order valence-electron chi connectivity index (χ3n) is 2.69. The molecule has 0 spiro atoms. The lowest BCUT2D eigenvalue weighted by Crippen LogP contribution is -2.48. The van der Waals surface area contributed by atoms with Gasteiger partial charge in [-0.1, -0.05) is 25.3 Å². The highest BCUT2D eigenvalue weighted by atomic mass is 35.5. The Bertz CT molecular complexity index is 139. The van der Waals surface area contributed by atoms with Crippen LogP contribution in [0.4, 0.5) is 0 Å². The zero-order chi connectivity index (χ0) is 8.86. The Labute approximate surface area is 80.2 Å². The predicted molar refractivity (Wildman–Crippen MR) is 54.7 cm³/mol. The molecule has 0 aliphatic heterocycles. The fourth-order valence-corrected chi connectivity index (χ4v) is 2.24. The number of hydrogen-bond acceptors (Lipinski definition) is 1. The van der Waals surface area contributed by atoms with E-state index < -0.39 is 0 Å². The first-order chi connectivity index (χ1) is 5.83. The van der Waals surface area contributed by atoms with Crippen molar-refractivity contribution < 1.29 is 0 Å². The highest BCUT2D eigenvalue weighted by Crippen LogP contribution is 2.28. The number of hydrogen-bond donors (Lipinski definition) is 1. The summed E-state index contributed by atoms with van der Waals surface area (Å²) in [6.45, 7) is 4.59. The van der Waals surface area contributed by atoms with E-state index in [-0.39, 0.29) is 5.54 Å². The first-order valence-electron chi connectivity index (χ1n) is 4.75. The van der Waals surface area contributed by atoms with Crippen LogP contribution in [-0.4, -0.2) is 18.0 Å². The molecule has 2 heteroatoms. The molecule has 0 bridgehead atoms. The van der Waals surface area contributed by atoms with E-state index in [0.717, 1.165) is 12.4 Å². The van der Waals surface area contributed by atoms with E-state index in [1.165, 1.54) is 32.1 Å². The average molecular weight is 188 g/mol. The third kappa shape index (κ3) is 2.49. The molecule has 1 nitrogen and oxygen atoms in total. The van der Waals surface area contributed by atoms with Crippen molar-refractivity contribution in [3.63, 3.8) is 0 Å². The van der Waals surface area contributed by atoms with E-state index >= 15 is 0 Å². The largest absolute Gasteiger partial charge is 0.307 e. The van der Waals surface area contributed by atoms with E-state index in [0.29, 0.717) is 0 Å². The molecule has 0 aromatic heterocycles. The van der Waals surface area contributed by atoms with Gasteiger partial charge in [0.1, 0.15) is 0 Å². The Morgan fingerprint density at radius 3 is 2.50 bits per heavy atom. The molecule has 1 rings (SSSR count). The number of halogens is 1. The molecule has 1 fully saturated rings. The van der Waals surface area contributed by atoms with Crippen LogP contribution < -0.4 is 5.32 Å². The normalized spacial score (nSPS) is 22.1. The van der Waals surface area contributed by atoms with Gasteiger partial charge in [-0.25, -0.2) is 0 Å². The minimum atomic E-state index is 0.216. The molecule has 0 heterocycles. The fraction of sp³-hybridized carbons (Fsp3) is 0.800. The molecule has 0 radical (unpaired) electrons. The smallest absolute Gasteiger partial charge is 0.0406 e. The van der Waals surface area contributed by atoms with E-state index in [9.17, 15) is 0 Å². The zero-order valence-electron chi connectivity index (χ0n) is 7.61. The maximum atomic E-state index is 5.98. The quantitative estimate of drug-likeness (QED) is 0.527. The SMILES string of the molecule is C=CCNC1(CCl)CCCCC1. The standard InChI is InChI=1S/C10H18ClN/c1-2-8-12-10(9-11)6-4-3-5-7-10/h2,12H,1,3-9H2. The van der Waals surface area contributed by atoms with Crippen molar-refractivity contribution in [3.05, 3.63) is 12.7 Å². The fourth-order valence-electron chi connectivity index (χ4n) is 1.87. The Morgan fingerprint density at radius 2 is 2.00 bits per heavy atom. The van der Waals surface area contributed by atoms with Crippen molar-refractivity contribution in [2.75, 3.05) is 12.4 Å². The summed E-state index contributed by atoms with van der Waals surface area (Å²) in [5, 5.41) is 3.48. The third-order valence-corrected chi connectivity index (χ3v) is 3.20. The van der Waals surface area contributed by atoms with E-state index in [2.05, 4.69) is 11.9 Å². The van der Waals surface area contributed by atoms with Gasteiger partial charge in [-0.3, -0.25) is 0 Å². The van der Waals surface area contributed by atoms with Crippen molar-refractivity contribution in [3.8, 4) is 0 Å². The molecule has 1 N–H and O–H groups in total. The highest BCUT2D eigenvalue weighted by Gasteiger charge is 2.29. The van der Waals surface area contributed by atoms with Gasteiger partial charge in [0.25, 0.3) is 0 Å². The second-order valence-electron chi connectivity index (χ2n) is 3.64. The molecular weight excluding hydrogens is 170 g/mol. The van der Waals surface area contributed by atoms with E-state index in [4.69, 9.17) is 11.6 Å². The van der Waals surface area contributed by atoms with Crippen LogP contribution in [0.3, 0.4) is 0 Å². The van der Waals surface area contributed by atoms with Crippen LogP contribution in [0.25, 0.3) is 0 Å². The topological polar surface area (TPSA) is 12.0 Å². The molecule has 0 unspecified atom stereocenters. The Balaban J connectivity index is 2.41. The molecule has 1 aliphatic carbocycles. The van der Waals surface area contributed by atoms with Gasteiger partial charge < -0.3 is 5.32 Å². The lowest BCUT2D eigenvalue weighted by Gasteiger charge is -2.36. The summed E-state index contributed by atoms with van der Waals surface area (Å²) in [5.41, 5.74) is 0.216. The summed E-state index contributed by atoms with van der Waals surface area (Å²) >= 11 is 5.98. The second kappa shape index (κ2) is 4.88. The van der Waals surface area contributed by atoms with Gasteiger partial charge in [0.15, 0.2) is 0 Å². The number of alkyl halides is 1. The lowest BCUT2D eigenvalue weighted by molar-refractivity contribution is 0.267. The van der Waals surface area contributed by atoms with Crippen molar-refractivity contribution in [2.24, 2.45) is 0 Å². The second-order valence-corrected chi connectivity index (χ2v) is 3.91. The van der Waals surface area contributed by atoms with E-state index in [1.807, 2.05) is 6.08 Å². The molecule has 1 saturated carbocycles. The van der Waals surface area contributed by atoms with Crippen LogP contribution >= 0.6 is 11.6 Å². The van der Waals surface area contributed by atoms with Crippen LogP contribution in [0.1, 0.15) is 32.1 Å². The van der Waals surface area contributed by atoms with Crippen LogP contribution in [0.2, 0.25) is 0 Å². The van der Waals surface area contributed by atoms with Gasteiger partial charge in [0, 0.05) is 18.0 Å². The number of nitrogens with one attached hydrogen (secondary N) is 1. The van der Waals surface area contributed by atoms with Gasteiger partial charge >= 0.3 is 0 Å². The summed E-state index contributed by atoms with van der Waals surface area (Å²) in [5.74, 6) is 0.737. The van der Waals surface area contributed by atoms with Crippen LogP contribution in [0, 0.1) is 0 Å². The molecule has 1 aliphatic rings. The molecule has 0 aromatic carbocycles. The van der Waals surface area contributed by atoms with Crippen LogP contribution in [-0.2, 0) is 0 Å². The highest BCUT2D eigenvalue weighted by molar-refractivity contribution is 6.18. The first-order valence-corrected chi connectivity index (χ1v) is 5.28. The molecule has 0 saturated heterocycles. The van der Waals surface area contributed by atoms with Crippen LogP contribution in [0.15, 0.2) is 12.7 Å². The van der Waals surface area contributed by atoms with Crippen molar-refractivity contribution in [2.45, 2.75) is 37.6 Å². The summed E-state index contributed by atoms with van der Waals surface area (Å²) in [6.07, 6.45) is 8.36. The van der Waals surface area contributed by atoms with Crippen LogP contribution in [0.5, 0.6) is 0 Å².